The Morgan fingerprint density at radius 2 is 1.73 bits per heavy atom. The van der Waals surface area contributed by atoms with Gasteiger partial charge in [-0.15, -0.1) is 0 Å². The van der Waals surface area contributed by atoms with Gasteiger partial charge >= 0.3 is 0 Å². The van der Waals surface area contributed by atoms with Gasteiger partial charge in [0.15, 0.2) is 6.61 Å². The van der Waals surface area contributed by atoms with Crippen molar-refractivity contribution >= 4 is 22.6 Å². The summed E-state index contributed by atoms with van der Waals surface area (Å²) in [4.78, 5) is 27.6. The number of rotatable bonds is 8. The summed E-state index contributed by atoms with van der Waals surface area (Å²) in [6, 6.07) is 19.1. The van der Waals surface area contributed by atoms with Crippen LogP contribution in [-0.2, 0) is 16.1 Å². The monoisotopic (exact) mass is 448 g/mol. The maximum atomic E-state index is 14.4. The second-order valence-corrected chi connectivity index (χ2v) is 8.54. The van der Waals surface area contributed by atoms with Gasteiger partial charge in [0.2, 0.25) is 5.91 Å². The lowest BCUT2D eigenvalue weighted by Crippen LogP contribution is -2.50. The fourth-order valence-electron chi connectivity index (χ4n) is 4.33. The van der Waals surface area contributed by atoms with Crippen molar-refractivity contribution in [2.45, 2.75) is 51.2 Å². The maximum absolute atomic E-state index is 14.4. The second kappa shape index (κ2) is 10.5. The number of nitrogens with one attached hydrogen (secondary N) is 1. The minimum absolute atomic E-state index is 0.0103. The molecule has 1 aliphatic rings. The van der Waals surface area contributed by atoms with Gasteiger partial charge in [-0.2, -0.15) is 0 Å². The fraction of sp³-hybridized carbons (Fsp3) is 0.333. The Bertz CT molecular complexity index is 1120. The highest BCUT2D eigenvalue weighted by Crippen LogP contribution is 2.25. The van der Waals surface area contributed by atoms with E-state index >= 15 is 0 Å². The van der Waals surface area contributed by atoms with Gasteiger partial charge in [0.25, 0.3) is 5.91 Å². The van der Waals surface area contributed by atoms with Gasteiger partial charge in [0.1, 0.15) is 17.6 Å². The third kappa shape index (κ3) is 5.51. The summed E-state index contributed by atoms with van der Waals surface area (Å²) in [5.41, 5.74) is 0.358. The Morgan fingerprint density at radius 1 is 1.03 bits per heavy atom. The van der Waals surface area contributed by atoms with Gasteiger partial charge in [0, 0.05) is 23.5 Å². The smallest absolute Gasteiger partial charge is 0.261 e. The number of carbonyl (C=O) groups excluding carboxylic acids is 2. The van der Waals surface area contributed by atoms with Crippen LogP contribution in [0, 0.1) is 5.82 Å². The Labute approximate surface area is 193 Å². The summed E-state index contributed by atoms with van der Waals surface area (Å²) in [6.07, 6.45) is 4.08. The first-order valence-corrected chi connectivity index (χ1v) is 11.5. The van der Waals surface area contributed by atoms with E-state index in [2.05, 4.69) is 5.32 Å². The number of hydrogen-bond donors (Lipinski definition) is 1. The van der Waals surface area contributed by atoms with Crippen molar-refractivity contribution in [2.24, 2.45) is 0 Å². The highest BCUT2D eigenvalue weighted by molar-refractivity contribution is 5.90. The molecule has 0 unspecified atom stereocenters. The van der Waals surface area contributed by atoms with E-state index in [0.717, 1.165) is 36.5 Å². The van der Waals surface area contributed by atoms with Gasteiger partial charge < -0.3 is 15.0 Å². The Balaban J connectivity index is 1.51. The molecule has 0 spiro atoms. The number of benzene rings is 3. The van der Waals surface area contributed by atoms with Crippen LogP contribution in [0.1, 0.15) is 38.2 Å². The average molecular weight is 449 g/mol. The number of carbonyl (C=O) groups is 2. The van der Waals surface area contributed by atoms with Crippen molar-refractivity contribution in [3.8, 4) is 5.75 Å². The van der Waals surface area contributed by atoms with Crippen LogP contribution in [-0.4, -0.2) is 35.4 Å². The fourth-order valence-corrected chi connectivity index (χ4v) is 4.33. The molecule has 1 aliphatic carbocycles. The predicted molar refractivity (Wildman–Crippen MR) is 126 cm³/mol. The van der Waals surface area contributed by atoms with Crippen LogP contribution >= 0.6 is 0 Å². The zero-order valence-corrected chi connectivity index (χ0v) is 18.8. The second-order valence-electron chi connectivity index (χ2n) is 8.54. The molecule has 1 saturated carbocycles. The van der Waals surface area contributed by atoms with E-state index in [0.29, 0.717) is 11.3 Å². The van der Waals surface area contributed by atoms with Crippen LogP contribution in [0.3, 0.4) is 0 Å². The molecule has 1 fully saturated rings. The molecule has 0 bridgehead atoms. The first kappa shape index (κ1) is 22.8. The molecule has 3 aromatic rings. The van der Waals surface area contributed by atoms with E-state index in [1.807, 2.05) is 42.5 Å². The molecule has 0 heterocycles. The van der Waals surface area contributed by atoms with E-state index in [9.17, 15) is 14.0 Å². The molecule has 33 heavy (non-hydrogen) atoms. The van der Waals surface area contributed by atoms with Crippen molar-refractivity contribution in [2.75, 3.05) is 6.61 Å². The number of halogens is 1. The largest absolute Gasteiger partial charge is 0.483 e. The molecule has 4 rings (SSSR count). The van der Waals surface area contributed by atoms with Crippen LogP contribution in [0.4, 0.5) is 4.39 Å². The van der Waals surface area contributed by atoms with Crippen molar-refractivity contribution in [1.29, 1.82) is 0 Å². The topological polar surface area (TPSA) is 58.6 Å². The van der Waals surface area contributed by atoms with Crippen LogP contribution < -0.4 is 10.1 Å². The van der Waals surface area contributed by atoms with E-state index in [1.54, 1.807) is 25.1 Å². The van der Waals surface area contributed by atoms with Gasteiger partial charge in [-0.25, -0.2) is 4.39 Å². The molecule has 0 saturated heterocycles. The first-order chi connectivity index (χ1) is 16.0. The maximum Gasteiger partial charge on any atom is 0.261 e. The molecule has 6 heteroatoms. The van der Waals surface area contributed by atoms with E-state index in [-0.39, 0.29) is 31.0 Å². The van der Waals surface area contributed by atoms with Crippen LogP contribution in [0.2, 0.25) is 0 Å². The number of ether oxygens (including phenoxy) is 1. The third-order valence-electron chi connectivity index (χ3n) is 6.27. The zero-order valence-electron chi connectivity index (χ0n) is 18.8. The quantitative estimate of drug-likeness (QED) is 0.537. The number of nitrogens with zero attached hydrogens (tertiary/aromatic N) is 1. The van der Waals surface area contributed by atoms with Crippen molar-refractivity contribution in [1.82, 2.24) is 10.2 Å². The normalized spacial score (nSPS) is 14.7. The molecule has 0 aromatic heterocycles. The minimum Gasteiger partial charge on any atom is -0.483 e. The molecule has 0 radical (unpaired) electrons. The molecule has 1 N–H and O–H groups in total. The number of amides is 2. The summed E-state index contributed by atoms with van der Waals surface area (Å²) in [6.45, 7) is 1.42. The standard InChI is InChI=1S/C27H29FN2O3/c1-19(27(32)29-22-12-4-5-13-22)30(17-21-10-3-7-15-24(21)28)26(31)18-33-25-16-8-11-20-9-2-6-14-23(20)25/h2-3,6-11,14-16,19,22H,4-5,12-13,17-18H2,1H3,(H,29,32)/t19-/m1/s1. The third-order valence-corrected chi connectivity index (χ3v) is 6.27. The van der Waals surface area contributed by atoms with Crippen LogP contribution in [0.15, 0.2) is 66.7 Å². The number of fused-ring (bicyclic) bond motifs is 1. The molecule has 0 aliphatic heterocycles. The summed E-state index contributed by atoms with van der Waals surface area (Å²) in [5.74, 6) is -0.416. The van der Waals surface area contributed by atoms with Gasteiger partial charge in [-0.1, -0.05) is 67.4 Å². The van der Waals surface area contributed by atoms with Crippen molar-refractivity contribution < 1.29 is 18.7 Å². The minimum atomic E-state index is -0.756. The molecule has 1 atom stereocenters. The first-order valence-electron chi connectivity index (χ1n) is 11.5. The van der Waals surface area contributed by atoms with E-state index in [1.165, 1.54) is 11.0 Å². The average Bonchev–Trinajstić information content (AvgIpc) is 3.34. The van der Waals surface area contributed by atoms with Gasteiger partial charge in [-0.05, 0) is 37.3 Å². The molecule has 5 nitrogen and oxygen atoms in total. The highest BCUT2D eigenvalue weighted by Gasteiger charge is 2.29. The lowest BCUT2D eigenvalue weighted by Gasteiger charge is -2.29. The summed E-state index contributed by atoms with van der Waals surface area (Å²) in [5, 5.41) is 4.96. The zero-order chi connectivity index (χ0) is 23.2. The molecular weight excluding hydrogens is 419 g/mol. The Kier molecular flexibility index (Phi) is 7.23. The summed E-state index contributed by atoms with van der Waals surface area (Å²) in [7, 11) is 0. The Hall–Kier alpha value is -3.41. The lowest BCUT2D eigenvalue weighted by atomic mass is 10.1. The summed E-state index contributed by atoms with van der Waals surface area (Å²) < 4.78 is 20.2. The van der Waals surface area contributed by atoms with Crippen molar-refractivity contribution in [3.63, 3.8) is 0 Å². The van der Waals surface area contributed by atoms with E-state index in [4.69, 9.17) is 4.74 Å². The Morgan fingerprint density at radius 3 is 2.52 bits per heavy atom. The molecule has 3 aromatic carbocycles. The molecular formula is C27H29FN2O3. The highest BCUT2D eigenvalue weighted by atomic mass is 19.1. The SMILES string of the molecule is C[C@H](C(=O)NC1CCCC1)N(Cc1ccccc1F)C(=O)COc1cccc2ccccc12. The van der Waals surface area contributed by atoms with Crippen LogP contribution in [0.25, 0.3) is 10.8 Å². The lowest BCUT2D eigenvalue weighted by molar-refractivity contribution is -0.142. The van der Waals surface area contributed by atoms with Crippen molar-refractivity contribution in [3.05, 3.63) is 78.1 Å². The van der Waals surface area contributed by atoms with Gasteiger partial charge in [0.05, 0.1) is 0 Å². The summed E-state index contributed by atoms with van der Waals surface area (Å²) >= 11 is 0. The van der Waals surface area contributed by atoms with Gasteiger partial charge in [-0.3, -0.25) is 9.59 Å². The molecule has 2 amide bonds. The van der Waals surface area contributed by atoms with E-state index < -0.39 is 11.9 Å². The van der Waals surface area contributed by atoms with Crippen LogP contribution in [0.5, 0.6) is 5.75 Å². The number of hydrogen-bond acceptors (Lipinski definition) is 3. The molecule has 172 valence electrons. The predicted octanol–water partition coefficient (Wildman–Crippen LogP) is 4.83.